The molecule has 1 amide bonds. The van der Waals surface area contributed by atoms with E-state index in [1.54, 1.807) is 36.4 Å². The molecule has 1 heterocycles. The number of carbonyl (C=O) groups excluding carboxylic acids is 1. The minimum Gasteiger partial charge on any atom is -0.497 e. The van der Waals surface area contributed by atoms with Crippen LogP contribution in [0.15, 0.2) is 53.3 Å². The van der Waals surface area contributed by atoms with E-state index in [9.17, 15) is 19.5 Å². The molecule has 0 bridgehead atoms. The van der Waals surface area contributed by atoms with E-state index in [-0.39, 0.29) is 16.5 Å². The second kappa shape index (κ2) is 7.06. The fourth-order valence-electron chi connectivity index (χ4n) is 2.51. The Hall–Kier alpha value is -3.68. The zero-order valence-corrected chi connectivity index (χ0v) is 13.8. The first kappa shape index (κ1) is 17.2. The van der Waals surface area contributed by atoms with Crippen LogP contribution in [0.1, 0.15) is 10.5 Å². The molecule has 0 saturated carbocycles. The third kappa shape index (κ3) is 3.39. The number of ether oxygens (including phenoxy) is 1. The average molecular weight is 353 g/mol. The van der Waals surface area contributed by atoms with Crippen molar-refractivity contribution < 1.29 is 19.4 Å². The summed E-state index contributed by atoms with van der Waals surface area (Å²) in [5, 5.41) is 16.2. The number of methoxy groups -OCH3 is 1. The molecule has 0 aliphatic heterocycles. The van der Waals surface area contributed by atoms with E-state index < -0.39 is 24.0 Å². The molecule has 3 rings (SSSR count). The number of aromatic carboxylic acids is 1. The first-order valence-corrected chi connectivity index (χ1v) is 7.66. The molecule has 0 fully saturated rings. The smallest absolute Gasteiger partial charge is 0.357 e. The van der Waals surface area contributed by atoms with Crippen LogP contribution in [0, 0.1) is 0 Å². The Labute approximate surface area is 147 Å². The van der Waals surface area contributed by atoms with Crippen molar-refractivity contribution in [3.63, 3.8) is 0 Å². The fourth-order valence-corrected chi connectivity index (χ4v) is 2.51. The van der Waals surface area contributed by atoms with Crippen LogP contribution in [0.3, 0.4) is 0 Å². The molecular formula is C18H15N3O5. The van der Waals surface area contributed by atoms with Gasteiger partial charge in [-0.05, 0) is 30.3 Å². The number of nitrogens with zero attached hydrogens (tertiary/aromatic N) is 2. The van der Waals surface area contributed by atoms with Gasteiger partial charge in [-0.3, -0.25) is 9.59 Å². The van der Waals surface area contributed by atoms with Crippen LogP contribution in [-0.4, -0.2) is 33.9 Å². The first-order chi connectivity index (χ1) is 12.5. The normalized spacial score (nSPS) is 10.5. The maximum Gasteiger partial charge on any atom is 0.357 e. The van der Waals surface area contributed by atoms with Gasteiger partial charge in [-0.25, -0.2) is 9.48 Å². The molecule has 3 aromatic rings. The van der Waals surface area contributed by atoms with Crippen LogP contribution in [0.25, 0.3) is 10.8 Å². The third-order valence-electron chi connectivity index (χ3n) is 3.74. The Balaban J connectivity index is 1.90. The van der Waals surface area contributed by atoms with Crippen LogP contribution < -0.4 is 15.6 Å². The van der Waals surface area contributed by atoms with Gasteiger partial charge in [0.05, 0.1) is 12.5 Å². The zero-order chi connectivity index (χ0) is 18.7. The summed E-state index contributed by atoms with van der Waals surface area (Å²) >= 11 is 0. The number of hydrogen-bond donors (Lipinski definition) is 2. The lowest BCUT2D eigenvalue weighted by atomic mass is 10.1. The Bertz CT molecular complexity index is 1040. The summed E-state index contributed by atoms with van der Waals surface area (Å²) in [5.74, 6) is -1.14. The van der Waals surface area contributed by atoms with E-state index in [0.29, 0.717) is 11.4 Å². The number of carbonyl (C=O) groups is 2. The second-order valence-electron chi connectivity index (χ2n) is 5.44. The van der Waals surface area contributed by atoms with E-state index >= 15 is 0 Å². The van der Waals surface area contributed by atoms with Crippen molar-refractivity contribution in [2.24, 2.45) is 0 Å². The molecule has 8 nitrogen and oxygen atoms in total. The van der Waals surface area contributed by atoms with E-state index in [1.165, 1.54) is 19.2 Å². The third-order valence-corrected chi connectivity index (χ3v) is 3.74. The van der Waals surface area contributed by atoms with E-state index in [1.807, 2.05) is 0 Å². The van der Waals surface area contributed by atoms with Crippen molar-refractivity contribution in [1.82, 2.24) is 9.78 Å². The molecule has 1 aromatic heterocycles. The lowest BCUT2D eigenvalue weighted by Crippen LogP contribution is -2.31. The number of nitrogens with one attached hydrogen (secondary N) is 1. The monoisotopic (exact) mass is 353 g/mol. The quantitative estimate of drug-likeness (QED) is 0.723. The molecule has 0 saturated heterocycles. The second-order valence-corrected chi connectivity index (χ2v) is 5.44. The van der Waals surface area contributed by atoms with E-state index in [4.69, 9.17) is 4.74 Å². The van der Waals surface area contributed by atoms with Gasteiger partial charge in [0, 0.05) is 11.1 Å². The summed E-state index contributed by atoms with van der Waals surface area (Å²) in [6, 6.07) is 12.9. The van der Waals surface area contributed by atoms with Gasteiger partial charge in [0.25, 0.3) is 5.56 Å². The highest BCUT2D eigenvalue weighted by molar-refractivity contribution is 6.01. The topological polar surface area (TPSA) is 111 Å². The molecule has 0 unspecified atom stereocenters. The lowest BCUT2D eigenvalue weighted by Gasteiger charge is -2.10. The first-order valence-electron chi connectivity index (χ1n) is 7.66. The summed E-state index contributed by atoms with van der Waals surface area (Å²) in [6.07, 6.45) is 0. The van der Waals surface area contributed by atoms with E-state index in [0.717, 1.165) is 4.68 Å². The largest absolute Gasteiger partial charge is 0.497 e. The number of hydrogen-bond acceptors (Lipinski definition) is 5. The van der Waals surface area contributed by atoms with E-state index in [2.05, 4.69) is 10.4 Å². The molecular weight excluding hydrogens is 338 g/mol. The van der Waals surface area contributed by atoms with Crippen molar-refractivity contribution in [3.8, 4) is 5.75 Å². The van der Waals surface area contributed by atoms with Gasteiger partial charge in [0.1, 0.15) is 12.3 Å². The fraction of sp³-hybridized carbons (Fsp3) is 0.111. The number of carboxylic acid groups (broad SMARTS) is 1. The van der Waals surface area contributed by atoms with Crippen LogP contribution in [-0.2, 0) is 11.3 Å². The molecule has 0 spiro atoms. The Morgan fingerprint density at radius 3 is 2.38 bits per heavy atom. The lowest BCUT2D eigenvalue weighted by molar-refractivity contribution is -0.117. The maximum absolute atomic E-state index is 12.5. The summed E-state index contributed by atoms with van der Waals surface area (Å²) in [5.41, 5.74) is -0.295. The maximum atomic E-state index is 12.5. The highest BCUT2D eigenvalue weighted by atomic mass is 16.5. The van der Waals surface area contributed by atoms with Crippen molar-refractivity contribution >= 4 is 28.3 Å². The SMILES string of the molecule is COc1ccc(NC(=O)Cn2nc(C(=O)O)c3ccccc3c2=O)cc1. The number of carboxylic acids is 1. The number of benzene rings is 2. The number of aromatic nitrogens is 2. The van der Waals surface area contributed by atoms with Crippen molar-refractivity contribution in [2.45, 2.75) is 6.54 Å². The minimum atomic E-state index is -1.27. The highest BCUT2D eigenvalue weighted by Gasteiger charge is 2.17. The van der Waals surface area contributed by atoms with Gasteiger partial charge in [0.15, 0.2) is 5.69 Å². The molecule has 0 aliphatic carbocycles. The molecule has 8 heteroatoms. The van der Waals surface area contributed by atoms with Crippen LogP contribution in [0.2, 0.25) is 0 Å². The van der Waals surface area contributed by atoms with Gasteiger partial charge in [-0.2, -0.15) is 5.10 Å². The molecule has 0 atom stereocenters. The Morgan fingerprint density at radius 2 is 1.77 bits per heavy atom. The van der Waals surface area contributed by atoms with Crippen molar-refractivity contribution in [3.05, 3.63) is 64.6 Å². The molecule has 0 radical (unpaired) electrons. The van der Waals surface area contributed by atoms with Gasteiger partial charge in [-0.1, -0.05) is 18.2 Å². The number of rotatable bonds is 5. The van der Waals surface area contributed by atoms with Crippen LogP contribution >= 0.6 is 0 Å². The van der Waals surface area contributed by atoms with Crippen LogP contribution in [0.5, 0.6) is 5.75 Å². The molecule has 2 aromatic carbocycles. The Kier molecular flexibility index (Phi) is 4.66. The van der Waals surface area contributed by atoms with Crippen molar-refractivity contribution in [1.29, 1.82) is 0 Å². The molecule has 0 aliphatic rings. The Morgan fingerprint density at radius 1 is 1.12 bits per heavy atom. The standard InChI is InChI=1S/C18H15N3O5/c1-26-12-8-6-11(7-9-12)19-15(22)10-21-17(23)14-5-3-2-4-13(14)16(20-21)18(24)25/h2-9H,10H2,1H3,(H,19,22)(H,24,25). The van der Waals surface area contributed by atoms with Gasteiger partial charge >= 0.3 is 5.97 Å². The average Bonchev–Trinajstić information content (AvgIpc) is 2.64. The summed E-state index contributed by atoms with van der Waals surface area (Å²) in [4.78, 5) is 36.1. The van der Waals surface area contributed by atoms with Crippen LogP contribution in [0.4, 0.5) is 5.69 Å². The zero-order valence-electron chi connectivity index (χ0n) is 13.8. The number of fused-ring (bicyclic) bond motifs is 1. The predicted octanol–water partition coefficient (Wildman–Crippen LogP) is 1.74. The summed E-state index contributed by atoms with van der Waals surface area (Å²) in [6.45, 7) is -0.407. The van der Waals surface area contributed by atoms with Gasteiger partial charge in [0.2, 0.25) is 5.91 Å². The molecule has 26 heavy (non-hydrogen) atoms. The molecule has 2 N–H and O–H groups in total. The number of anilines is 1. The number of amides is 1. The molecule has 132 valence electrons. The highest BCUT2D eigenvalue weighted by Crippen LogP contribution is 2.15. The summed E-state index contributed by atoms with van der Waals surface area (Å²) in [7, 11) is 1.53. The predicted molar refractivity (Wildman–Crippen MR) is 94.6 cm³/mol. The minimum absolute atomic E-state index is 0.192. The van der Waals surface area contributed by atoms with Crippen molar-refractivity contribution in [2.75, 3.05) is 12.4 Å². The summed E-state index contributed by atoms with van der Waals surface area (Å²) < 4.78 is 5.89. The van der Waals surface area contributed by atoms with Gasteiger partial charge in [-0.15, -0.1) is 0 Å². The van der Waals surface area contributed by atoms with Gasteiger partial charge < -0.3 is 15.2 Å².